The molecule has 6 heteroatoms. The van der Waals surface area contributed by atoms with Gasteiger partial charge in [-0.25, -0.2) is 13.1 Å². The highest BCUT2D eigenvalue weighted by Gasteiger charge is 2.65. The van der Waals surface area contributed by atoms with Gasteiger partial charge in [-0.1, -0.05) is 33.6 Å². The van der Waals surface area contributed by atoms with Gasteiger partial charge in [-0.2, -0.15) is 0 Å². The molecule has 5 nitrogen and oxygen atoms in total. The minimum atomic E-state index is -3.45. The summed E-state index contributed by atoms with van der Waals surface area (Å²) in [6.07, 6.45) is 8.05. The molecule has 0 spiro atoms. The van der Waals surface area contributed by atoms with Crippen LogP contribution < -0.4 is 4.72 Å². The number of Topliss-reactive ketones (excluding diaryl/α,β-unsaturated/α-hetero) is 1. The van der Waals surface area contributed by atoms with E-state index in [4.69, 9.17) is 0 Å². The topological polar surface area (TPSA) is 66.5 Å². The summed E-state index contributed by atoms with van der Waals surface area (Å²) in [6.45, 7) is 9.00. The monoisotopic (exact) mass is 384 g/mol. The summed E-state index contributed by atoms with van der Waals surface area (Å²) in [5.74, 6) is 0.503. The van der Waals surface area contributed by atoms with E-state index >= 15 is 0 Å². The van der Waals surface area contributed by atoms with Gasteiger partial charge in [0.25, 0.3) is 0 Å². The fraction of sp³-hybridized carbons (Fsp3) is 0.950. The zero-order chi connectivity index (χ0) is 19.0. The van der Waals surface area contributed by atoms with Gasteiger partial charge < -0.3 is 0 Å². The third-order valence-electron chi connectivity index (χ3n) is 7.66. The number of carbonyl (C=O) groups excluding carboxylic acids is 1. The number of fused-ring (bicyclic) bond motifs is 2. The number of piperidine rings is 1. The van der Waals surface area contributed by atoms with Crippen molar-refractivity contribution in [3.8, 4) is 0 Å². The maximum Gasteiger partial charge on any atom is 0.212 e. The quantitative estimate of drug-likeness (QED) is 0.699. The number of nitrogens with one attached hydrogen (secondary N) is 1. The molecule has 0 aromatic heterocycles. The van der Waals surface area contributed by atoms with Gasteiger partial charge in [-0.3, -0.25) is 9.69 Å². The van der Waals surface area contributed by atoms with Gasteiger partial charge in [0, 0.05) is 24.4 Å². The summed E-state index contributed by atoms with van der Waals surface area (Å²) in [6, 6.07) is 0.297. The Morgan fingerprint density at radius 1 is 1.23 bits per heavy atom. The number of likely N-dealkylation sites (tertiary alicyclic amines) is 1. The van der Waals surface area contributed by atoms with E-state index in [2.05, 4.69) is 30.4 Å². The molecule has 3 unspecified atom stereocenters. The number of ketones is 1. The first-order valence-corrected chi connectivity index (χ1v) is 12.1. The van der Waals surface area contributed by atoms with Crippen molar-refractivity contribution in [3.05, 3.63) is 0 Å². The molecule has 3 atom stereocenters. The van der Waals surface area contributed by atoms with Crippen LogP contribution >= 0.6 is 0 Å². The second kappa shape index (κ2) is 7.51. The van der Waals surface area contributed by atoms with Crippen LogP contribution in [0.25, 0.3) is 0 Å². The molecule has 1 heterocycles. The predicted molar refractivity (Wildman–Crippen MR) is 104 cm³/mol. The minimum Gasteiger partial charge on any atom is -0.299 e. The lowest BCUT2D eigenvalue weighted by atomic mass is 9.70. The maximum absolute atomic E-state index is 12.9. The van der Waals surface area contributed by atoms with Gasteiger partial charge >= 0.3 is 0 Å². The van der Waals surface area contributed by atoms with Crippen molar-refractivity contribution < 1.29 is 13.2 Å². The Labute approximate surface area is 159 Å². The zero-order valence-corrected chi connectivity index (χ0v) is 17.5. The van der Waals surface area contributed by atoms with Crippen molar-refractivity contribution in [3.63, 3.8) is 0 Å². The molecule has 3 aliphatic rings. The van der Waals surface area contributed by atoms with E-state index in [1.807, 2.05) is 0 Å². The Kier molecular flexibility index (Phi) is 5.86. The van der Waals surface area contributed by atoms with E-state index in [0.717, 1.165) is 45.2 Å². The molecule has 26 heavy (non-hydrogen) atoms. The largest absolute Gasteiger partial charge is 0.299 e. The molecule has 2 bridgehead atoms. The van der Waals surface area contributed by atoms with E-state index in [0.29, 0.717) is 24.9 Å². The van der Waals surface area contributed by atoms with Crippen LogP contribution in [0.15, 0.2) is 0 Å². The van der Waals surface area contributed by atoms with E-state index in [1.54, 1.807) is 0 Å². The van der Waals surface area contributed by atoms with Gasteiger partial charge in [0.05, 0.1) is 5.75 Å². The van der Waals surface area contributed by atoms with E-state index in [-0.39, 0.29) is 17.0 Å². The fourth-order valence-corrected chi connectivity index (χ4v) is 7.53. The number of nitrogens with zero attached hydrogens (tertiary/aromatic N) is 1. The summed E-state index contributed by atoms with van der Waals surface area (Å²) < 4.78 is 28.6. The van der Waals surface area contributed by atoms with Gasteiger partial charge in [-0.05, 0) is 56.5 Å². The van der Waals surface area contributed by atoms with Gasteiger partial charge in [-0.15, -0.1) is 0 Å². The van der Waals surface area contributed by atoms with Gasteiger partial charge in [0.15, 0.2) is 0 Å². The Balaban J connectivity index is 1.63. The van der Waals surface area contributed by atoms with Crippen LogP contribution in [0.3, 0.4) is 0 Å². The fourth-order valence-electron chi connectivity index (χ4n) is 5.65. The van der Waals surface area contributed by atoms with E-state index in [1.165, 1.54) is 12.8 Å². The first-order valence-electron chi connectivity index (χ1n) is 10.5. The van der Waals surface area contributed by atoms with Gasteiger partial charge in [0.2, 0.25) is 10.0 Å². The highest BCUT2D eigenvalue weighted by atomic mass is 32.2. The van der Waals surface area contributed by atoms with Crippen LogP contribution in [0.2, 0.25) is 0 Å². The molecule has 0 aromatic carbocycles. The van der Waals surface area contributed by atoms with Crippen molar-refractivity contribution in [1.82, 2.24) is 9.62 Å². The lowest BCUT2D eigenvalue weighted by Gasteiger charge is -2.37. The Morgan fingerprint density at radius 3 is 2.62 bits per heavy atom. The lowest BCUT2D eigenvalue weighted by molar-refractivity contribution is -0.128. The molecule has 0 amide bonds. The molecular formula is C20H36N2O3S. The second-order valence-corrected chi connectivity index (χ2v) is 11.1. The molecule has 3 fully saturated rings. The lowest BCUT2D eigenvalue weighted by Crippen LogP contribution is -2.50. The van der Waals surface area contributed by atoms with Crippen molar-refractivity contribution in [2.24, 2.45) is 16.7 Å². The maximum atomic E-state index is 12.9. The van der Waals surface area contributed by atoms with Crippen LogP contribution in [-0.4, -0.2) is 50.5 Å². The smallest absolute Gasteiger partial charge is 0.212 e. The highest BCUT2D eigenvalue weighted by molar-refractivity contribution is 7.89. The number of unbranched alkanes of at least 4 members (excludes halogenated alkanes) is 1. The Morgan fingerprint density at radius 2 is 2.00 bits per heavy atom. The van der Waals surface area contributed by atoms with Crippen LogP contribution in [0, 0.1) is 16.7 Å². The molecule has 2 saturated carbocycles. The molecule has 2 aliphatic carbocycles. The van der Waals surface area contributed by atoms with Crippen molar-refractivity contribution in [2.45, 2.75) is 78.2 Å². The normalized spacial score (nSPS) is 34.5. The number of hydrogen-bond acceptors (Lipinski definition) is 4. The molecular weight excluding hydrogens is 348 g/mol. The van der Waals surface area contributed by atoms with Crippen LogP contribution in [-0.2, 0) is 14.8 Å². The number of hydrogen-bond donors (Lipinski definition) is 1. The second-order valence-electron chi connectivity index (χ2n) is 9.31. The SMILES string of the molecule is CCCCN1CCCCC1CNS(=O)(=O)CC12CCC(CC1=O)C2(C)C. The Bertz CT molecular complexity index is 631. The molecule has 0 aromatic rings. The molecule has 1 saturated heterocycles. The predicted octanol–water partition coefficient (Wildman–Crippen LogP) is 2.96. The summed E-state index contributed by atoms with van der Waals surface area (Å²) in [7, 11) is -3.45. The number of sulfonamides is 1. The summed E-state index contributed by atoms with van der Waals surface area (Å²) in [5.41, 5.74) is -0.866. The van der Waals surface area contributed by atoms with Gasteiger partial charge in [0.1, 0.15) is 5.78 Å². The van der Waals surface area contributed by atoms with E-state index < -0.39 is 15.4 Å². The molecule has 0 radical (unpaired) electrons. The minimum absolute atomic E-state index is 0.0238. The average Bonchev–Trinajstić information content (AvgIpc) is 2.92. The summed E-state index contributed by atoms with van der Waals surface area (Å²) in [5, 5.41) is 0. The van der Waals surface area contributed by atoms with Crippen LogP contribution in [0.5, 0.6) is 0 Å². The Hall–Kier alpha value is -0.460. The summed E-state index contributed by atoms with van der Waals surface area (Å²) >= 11 is 0. The van der Waals surface area contributed by atoms with Crippen molar-refractivity contribution >= 4 is 15.8 Å². The average molecular weight is 385 g/mol. The third-order valence-corrected chi connectivity index (χ3v) is 9.14. The van der Waals surface area contributed by atoms with Crippen LogP contribution in [0.4, 0.5) is 0 Å². The number of rotatable bonds is 8. The first-order chi connectivity index (χ1) is 12.2. The first kappa shape index (κ1) is 20.3. The third kappa shape index (κ3) is 3.61. The number of carbonyl (C=O) groups is 1. The standard InChI is InChI=1S/C20H36N2O3S/c1-4-5-11-22-12-7-6-8-17(22)14-21-26(24,25)15-20-10-9-16(13-18(20)23)19(20,2)3/h16-17,21H,4-15H2,1-3H3. The summed E-state index contributed by atoms with van der Waals surface area (Å²) in [4.78, 5) is 15.1. The molecule has 1 aliphatic heterocycles. The van der Waals surface area contributed by atoms with Crippen LogP contribution in [0.1, 0.15) is 72.1 Å². The molecule has 3 rings (SSSR count). The van der Waals surface area contributed by atoms with Crippen molar-refractivity contribution in [2.75, 3.05) is 25.4 Å². The molecule has 1 N–H and O–H groups in total. The van der Waals surface area contributed by atoms with E-state index in [9.17, 15) is 13.2 Å². The zero-order valence-electron chi connectivity index (χ0n) is 16.7. The molecule has 150 valence electrons. The van der Waals surface area contributed by atoms with Crippen molar-refractivity contribution in [1.29, 1.82) is 0 Å². The highest BCUT2D eigenvalue weighted by Crippen LogP contribution is 2.64.